The highest BCUT2D eigenvalue weighted by Crippen LogP contribution is 2.30. The van der Waals surface area contributed by atoms with E-state index in [1.54, 1.807) is 13.2 Å². The van der Waals surface area contributed by atoms with Crippen LogP contribution in [0.1, 0.15) is 10.4 Å². The highest BCUT2D eigenvalue weighted by atomic mass is 32.2. The van der Waals surface area contributed by atoms with Gasteiger partial charge in [-0.1, -0.05) is 30.0 Å². The number of rotatable bonds is 8. The fourth-order valence-corrected chi connectivity index (χ4v) is 3.43. The number of nitrogens with zero attached hydrogens (tertiary/aromatic N) is 3. The second-order valence-corrected chi connectivity index (χ2v) is 7.15. The normalized spacial score (nSPS) is 10.4. The fourth-order valence-electron chi connectivity index (χ4n) is 2.68. The van der Waals surface area contributed by atoms with Gasteiger partial charge in [0.1, 0.15) is 11.6 Å². The molecule has 0 spiro atoms. The Balaban J connectivity index is 1.64. The van der Waals surface area contributed by atoms with E-state index in [4.69, 9.17) is 4.74 Å². The third-order valence-corrected chi connectivity index (χ3v) is 5.10. The van der Waals surface area contributed by atoms with Crippen LogP contribution in [0.25, 0.3) is 11.4 Å². The molecule has 2 N–H and O–H groups in total. The van der Waals surface area contributed by atoms with Gasteiger partial charge in [0.15, 0.2) is 11.0 Å². The minimum atomic E-state index is -0.549. The van der Waals surface area contributed by atoms with Crippen molar-refractivity contribution in [3.63, 3.8) is 0 Å². The molecule has 0 fully saturated rings. The van der Waals surface area contributed by atoms with E-state index in [0.29, 0.717) is 23.3 Å². The smallest absolute Gasteiger partial charge is 0.269 e. The molecule has 8 nitrogen and oxygen atoms in total. The summed E-state index contributed by atoms with van der Waals surface area (Å²) in [6.07, 6.45) is 1.70. The Morgan fingerprint density at radius 2 is 1.90 bits per heavy atom. The number of methoxy groups -OCH3 is 1. The molecule has 0 aliphatic carbocycles. The van der Waals surface area contributed by atoms with Crippen molar-refractivity contribution in [3.8, 4) is 17.1 Å². The fraction of sp³-hybridized carbons (Fsp3) is 0.143. The van der Waals surface area contributed by atoms with Crippen LogP contribution in [0.2, 0.25) is 0 Å². The van der Waals surface area contributed by atoms with Gasteiger partial charge in [0.05, 0.1) is 18.4 Å². The maximum absolute atomic E-state index is 12.9. The monoisotopic (exact) mass is 441 g/mol. The summed E-state index contributed by atoms with van der Waals surface area (Å²) in [6.45, 7) is 4.20. The van der Waals surface area contributed by atoms with Crippen LogP contribution < -0.4 is 15.6 Å². The summed E-state index contributed by atoms with van der Waals surface area (Å²) in [4.78, 5) is 24.1. The van der Waals surface area contributed by atoms with E-state index in [0.717, 1.165) is 17.3 Å². The molecular weight excluding hydrogens is 421 g/mol. The Labute approximate surface area is 182 Å². The van der Waals surface area contributed by atoms with Crippen LogP contribution in [0.3, 0.4) is 0 Å². The number of halogens is 1. The molecule has 1 aromatic heterocycles. The lowest BCUT2D eigenvalue weighted by atomic mass is 10.2. The summed E-state index contributed by atoms with van der Waals surface area (Å²) in [5.41, 5.74) is 5.60. The van der Waals surface area contributed by atoms with Gasteiger partial charge in [-0.2, -0.15) is 0 Å². The quantitative estimate of drug-likeness (QED) is 0.317. The predicted molar refractivity (Wildman–Crippen MR) is 115 cm³/mol. The number of ether oxygens (including phenoxy) is 1. The van der Waals surface area contributed by atoms with Crippen LogP contribution in [-0.2, 0) is 11.3 Å². The van der Waals surface area contributed by atoms with Crippen molar-refractivity contribution in [2.24, 2.45) is 0 Å². The van der Waals surface area contributed by atoms with E-state index < -0.39 is 17.6 Å². The lowest BCUT2D eigenvalue weighted by Gasteiger charge is -2.11. The first kappa shape index (κ1) is 22.0. The van der Waals surface area contributed by atoms with Crippen molar-refractivity contribution < 1.29 is 18.7 Å². The van der Waals surface area contributed by atoms with E-state index in [1.807, 2.05) is 28.8 Å². The second-order valence-electron chi connectivity index (χ2n) is 6.20. The van der Waals surface area contributed by atoms with Crippen molar-refractivity contribution in [1.29, 1.82) is 0 Å². The molecule has 0 bridgehead atoms. The van der Waals surface area contributed by atoms with Gasteiger partial charge >= 0.3 is 0 Å². The molecule has 0 aliphatic rings. The van der Waals surface area contributed by atoms with Crippen molar-refractivity contribution in [3.05, 3.63) is 72.6 Å². The number of hydrogen-bond donors (Lipinski definition) is 2. The second kappa shape index (κ2) is 10.4. The number of carbonyl (C=O) groups is 2. The number of amides is 2. The van der Waals surface area contributed by atoms with Gasteiger partial charge in [-0.3, -0.25) is 25.0 Å². The highest BCUT2D eigenvalue weighted by molar-refractivity contribution is 7.99. The van der Waals surface area contributed by atoms with Gasteiger partial charge in [0.2, 0.25) is 5.91 Å². The molecule has 1 heterocycles. The lowest BCUT2D eigenvalue weighted by Crippen LogP contribution is -2.42. The van der Waals surface area contributed by atoms with E-state index in [-0.39, 0.29) is 11.3 Å². The molecule has 160 valence electrons. The first-order valence-corrected chi connectivity index (χ1v) is 10.2. The van der Waals surface area contributed by atoms with Gasteiger partial charge in [0, 0.05) is 12.1 Å². The topological polar surface area (TPSA) is 98.1 Å². The molecule has 0 radical (unpaired) electrons. The Kier molecular flexibility index (Phi) is 7.39. The van der Waals surface area contributed by atoms with E-state index in [2.05, 4.69) is 27.6 Å². The van der Waals surface area contributed by atoms with Crippen molar-refractivity contribution in [1.82, 2.24) is 25.6 Å². The Morgan fingerprint density at radius 1 is 1.16 bits per heavy atom. The zero-order valence-electron chi connectivity index (χ0n) is 16.7. The molecule has 31 heavy (non-hydrogen) atoms. The molecule has 3 aromatic rings. The van der Waals surface area contributed by atoms with Gasteiger partial charge in [0.25, 0.3) is 5.91 Å². The summed E-state index contributed by atoms with van der Waals surface area (Å²) in [5, 5.41) is 8.94. The average Bonchev–Trinajstić information content (AvgIpc) is 3.19. The average molecular weight is 441 g/mol. The molecule has 3 rings (SSSR count). The third kappa shape index (κ3) is 5.48. The van der Waals surface area contributed by atoms with Crippen LogP contribution in [0.4, 0.5) is 4.39 Å². The minimum absolute atomic E-state index is 0.00903. The summed E-state index contributed by atoms with van der Waals surface area (Å²) in [5.74, 6) is -0.208. The molecule has 0 saturated carbocycles. The predicted octanol–water partition coefficient (Wildman–Crippen LogP) is 2.83. The minimum Gasteiger partial charge on any atom is -0.496 e. The van der Waals surface area contributed by atoms with Gasteiger partial charge in [-0.25, -0.2) is 4.39 Å². The molecule has 10 heteroatoms. The van der Waals surface area contributed by atoms with Crippen molar-refractivity contribution in [2.45, 2.75) is 11.7 Å². The van der Waals surface area contributed by atoms with Crippen LogP contribution in [0.15, 0.2) is 66.3 Å². The summed E-state index contributed by atoms with van der Waals surface area (Å²) in [6, 6.07) is 12.4. The summed E-state index contributed by atoms with van der Waals surface area (Å²) < 4.78 is 20.2. The Hall–Kier alpha value is -3.66. The van der Waals surface area contributed by atoms with Crippen LogP contribution in [-0.4, -0.2) is 39.4 Å². The van der Waals surface area contributed by atoms with Crippen molar-refractivity contribution >= 4 is 23.6 Å². The number of benzene rings is 2. The molecular formula is C21H20FN5O3S. The van der Waals surface area contributed by atoms with Crippen LogP contribution >= 0.6 is 11.8 Å². The molecule has 2 amide bonds. The summed E-state index contributed by atoms with van der Waals surface area (Å²) in [7, 11) is 1.58. The Morgan fingerprint density at radius 3 is 2.61 bits per heavy atom. The number of para-hydroxylation sites is 1. The van der Waals surface area contributed by atoms with Crippen LogP contribution in [0, 0.1) is 5.82 Å². The number of carbonyl (C=O) groups excluding carboxylic acids is 2. The van der Waals surface area contributed by atoms with E-state index >= 15 is 0 Å². The van der Waals surface area contributed by atoms with Gasteiger partial charge in [-0.15, -0.1) is 16.8 Å². The highest BCUT2D eigenvalue weighted by Gasteiger charge is 2.18. The number of aromatic nitrogens is 3. The Bertz CT molecular complexity index is 1080. The number of nitrogens with one attached hydrogen (secondary N) is 2. The third-order valence-electron chi connectivity index (χ3n) is 4.13. The first-order chi connectivity index (χ1) is 15.0. The van der Waals surface area contributed by atoms with Crippen molar-refractivity contribution in [2.75, 3.05) is 12.9 Å². The van der Waals surface area contributed by atoms with Gasteiger partial charge in [-0.05, 0) is 36.4 Å². The molecule has 0 atom stereocenters. The maximum atomic E-state index is 12.9. The SMILES string of the molecule is C=CCn1c(SCC(=O)NNC(=O)c2ccc(F)cc2)nnc1-c1ccccc1OC. The molecule has 0 aliphatic heterocycles. The van der Waals surface area contributed by atoms with E-state index in [9.17, 15) is 14.0 Å². The lowest BCUT2D eigenvalue weighted by molar-refractivity contribution is -0.119. The number of thioether (sulfide) groups is 1. The largest absolute Gasteiger partial charge is 0.496 e. The zero-order chi connectivity index (χ0) is 22.2. The molecule has 0 saturated heterocycles. The zero-order valence-corrected chi connectivity index (χ0v) is 17.5. The van der Waals surface area contributed by atoms with Crippen LogP contribution in [0.5, 0.6) is 5.75 Å². The number of allylic oxidation sites excluding steroid dienone is 1. The maximum Gasteiger partial charge on any atom is 0.269 e. The van der Waals surface area contributed by atoms with E-state index in [1.165, 1.54) is 24.3 Å². The molecule has 0 unspecified atom stereocenters. The molecule has 2 aromatic carbocycles. The van der Waals surface area contributed by atoms with Gasteiger partial charge < -0.3 is 4.74 Å². The number of hydrogen-bond acceptors (Lipinski definition) is 6. The number of hydrazine groups is 1. The summed E-state index contributed by atoms with van der Waals surface area (Å²) >= 11 is 1.16. The first-order valence-electron chi connectivity index (χ1n) is 9.18. The standard InChI is InChI=1S/C21H20FN5O3S/c1-3-12-27-19(16-6-4-5-7-17(16)30-2)24-26-21(27)31-13-18(28)23-25-20(29)14-8-10-15(22)11-9-14/h3-11H,1,12-13H2,2H3,(H,23,28)(H,25,29).